The van der Waals surface area contributed by atoms with Crippen molar-refractivity contribution < 1.29 is 17.6 Å². The van der Waals surface area contributed by atoms with Gasteiger partial charge in [-0.15, -0.1) is 0 Å². The highest BCUT2D eigenvalue weighted by Gasteiger charge is 2.55. The van der Waals surface area contributed by atoms with E-state index in [0.29, 0.717) is 35.5 Å². The van der Waals surface area contributed by atoms with Crippen LogP contribution in [0.25, 0.3) is 5.70 Å². The summed E-state index contributed by atoms with van der Waals surface area (Å²) in [6.07, 6.45) is -1.42. The van der Waals surface area contributed by atoms with Crippen molar-refractivity contribution in [3.05, 3.63) is 72.0 Å². The van der Waals surface area contributed by atoms with Crippen molar-refractivity contribution in [1.82, 2.24) is 10.3 Å². The first-order valence-corrected chi connectivity index (χ1v) is 10.4. The Labute approximate surface area is 193 Å². The molecule has 2 aliphatic rings. The molecule has 0 unspecified atom stereocenters. The molecule has 2 fully saturated rings. The first-order valence-electron chi connectivity index (χ1n) is 10.0. The maximum atomic E-state index is 14.9. The second-order valence-electron chi connectivity index (χ2n) is 7.88. The van der Waals surface area contributed by atoms with Gasteiger partial charge in [0.15, 0.2) is 10.8 Å². The Hall–Kier alpha value is -3.45. The third kappa shape index (κ3) is 3.43. The number of hydrogen-bond acceptors (Lipinski definition) is 4. The minimum absolute atomic E-state index is 0.0470. The van der Waals surface area contributed by atoms with Crippen molar-refractivity contribution in [2.75, 3.05) is 16.8 Å². The number of aromatic nitrogens is 1. The fourth-order valence-corrected chi connectivity index (χ4v) is 4.78. The van der Waals surface area contributed by atoms with Crippen LogP contribution in [-0.2, 0) is 6.18 Å². The van der Waals surface area contributed by atoms with Crippen LogP contribution in [0, 0.1) is 17.1 Å². The molecule has 10 heteroatoms. The van der Waals surface area contributed by atoms with E-state index in [2.05, 4.69) is 23.5 Å². The van der Waals surface area contributed by atoms with E-state index in [1.165, 1.54) is 23.2 Å². The molecule has 1 spiro atoms. The van der Waals surface area contributed by atoms with E-state index >= 15 is 0 Å². The Balaban J connectivity index is 1.80. The van der Waals surface area contributed by atoms with Crippen molar-refractivity contribution in [3.63, 3.8) is 0 Å². The molecule has 1 saturated heterocycles. The largest absolute Gasteiger partial charge is 0.419 e. The van der Waals surface area contributed by atoms with Gasteiger partial charge in [-0.2, -0.15) is 18.4 Å². The van der Waals surface area contributed by atoms with E-state index in [1.54, 1.807) is 24.1 Å². The number of nitrogens with zero attached hydrogens (tertiary/aromatic N) is 4. The summed E-state index contributed by atoms with van der Waals surface area (Å²) in [6.45, 7) is 7.91. The molecular formula is C23H19F4N5S. The van der Waals surface area contributed by atoms with Crippen molar-refractivity contribution in [1.29, 1.82) is 5.26 Å². The number of hydrogen-bond donors (Lipinski definition) is 1. The van der Waals surface area contributed by atoms with Crippen LogP contribution < -0.4 is 15.1 Å². The molecule has 1 aliphatic carbocycles. The van der Waals surface area contributed by atoms with E-state index < -0.39 is 28.8 Å². The van der Waals surface area contributed by atoms with Crippen LogP contribution in [0.4, 0.5) is 28.9 Å². The average molecular weight is 473 g/mol. The topological polar surface area (TPSA) is 55.2 Å². The van der Waals surface area contributed by atoms with Crippen LogP contribution in [0.15, 0.2) is 49.3 Å². The summed E-state index contributed by atoms with van der Waals surface area (Å²) in [5, 5.41) is 12.0. The van der Waals surface area contributed by atoms with Gasteiger partial charge in [0.2, 0.25) is 0 Å². The first-order chi connectivity index (χ1) is 15.5. The number of halogens is 4. The Morgan fingerprint density at radius 3 is 2.48 bits per heavy atom. The first kappa shape index (κ1) is 22.7. The summed E-state index contributed by atoms with van der Waals surface area (Å²) in [5.74, 6) is -0.507. The highest BCUT2D eigenvalue weighted by atomic mass is 32.1. The number of anilines is 2. The molecule has 5 nitrogen and oxygen atoms in total. The molecule has 1 saturated carbocycles. The number of benzene rings is 1. The molecule has 1 aliphatic heterocycles. The zero-order valence-electron chi connectivity index (χ0n) is 17.6. The van der Waals surface area contributed by atoms with Crippen molar-refractivity contribution in [3.8, 4) is 6.07 Å². The van der Waals surface area contributed by atoms with Crippen molar-refractivity contribution >= 4 is 34.4 Å². The average Bonchev–Trinajstić information content (AvgIpc) is 2.98. The second kappa shape index (κ2) is 7.85. The smallest absolute Gasteiger partial charge is 0.388 e. The lowest BCUT2D eigenvalue weighted by Gasteiger charge is -2.45. The highest BCUT2D eigenvalue weighted by Crippen LogP contribution is 2.52. The zero-order valence-corrected chi connectivity index (χ0v) is 18.4. The van der Waals surface area contributed by atoms with Gasteiger partial charge in [0.1, 0.15) is 11.9 Å². The van der Waals surface area contributed by atoms with Crippen LogP contribution in [0.5, 0.6) is 0 Å². The number of thiocarbonyl (C=S) groups is 1. The van der Waals surface area contributed by atoms with E-state index in [1.807, 2.05) is 0 Å². The summed E-state index contributed by atoms with van der Waals surface area (Å²) in [7, 11) is 1.64. The maximum Gasteiger partial charge on any atom is 0.419 e. The van der Waals surface area contributed by atoms with Crippen molar-refractivity contribution in [2.24, 2.45) is 0 Å². The molecule has 2 aromatic rings. The standard InChI is InChI=1S/C23H19F4N5S/c1-13(29-3)17-6-5-15(10-19(17)24)32-21(33)31(14(2)22(32)7-4-8-22)16-9-18(23(25,26)27)20(11-28)30-12-16/h5-6,9-10,12,29H,1-2,4,7-8H2,3H3. The van der Waals surface area contributed by atoms with Crippen LogP contribution in [0.2, 0.25) is 0 Å². The number of nitriles is 1. The molecule has 1 aromatic heterocycles. The van der Waals surface area contributed by atoms with Gasteiger partial charge in [0, 0.05) is 29.7 Å². The SMILES string of the molecule is C=C(NC)c1ccc(N2C(=S)N(c3cnc(C#N)c(C(F)(F)F)c3)C(=C)C23CCC3)cc1F. The van der Waals surface area contributed by atoms with Gasteiger partial charge >= 0.3 is 6.18 Å². The summed E-state index contributed by atoms with van der Waals surface area (Å²) >= 11 is 5.67. The Bertz CT molecular complexity index is 1230. The van der Waals surface area contributed by atoms with Gasteiger partial charge < -0.3 is 10.2 Å². The normalized spacial score (nSPS) is 17.2. The second-order valence-corrected chi connectivity index (χ2v) is 8.24. The number of pyridine rings is 1. The van der Waals surface area contributed by atoms with E-state index in [0.717, 1.165) is 12.5 Å². The molecule has 4 rings (SSSR count). The number of alkyl halides is 3. The number of rotatable bonds is 4. The van der Waals surface area contributed by atoms with Crippen LogP contribution in [-0.4, -0.2) is 22.7 Å². The summed E-state index contributed by atoms with van der Waals surface area (Å²) in [5.41, 5.74) is -0.831. The molecule has 0 bridgehead atoms. The third-order valence-corrected chi connectivity index (χ3v) is 6.54. The quantitative estimate of drug-likeness (QED) is 0.477. The molecule has 170 valence electrons. The Morgan fingerprint density at radius 2 is 1.97 bits per heavy atom. The molecule has 1 aromatic carbocycles. The molecule has 1 N–H and O–H groups in total. The molecule has 0 amide bonds. The minimum atomic E-state index is -4.76. The molecule has 33 heavy (non-hydrogen) atoms. The Morgan fingerprint density at radius 1 is 1.27 bits per heavy atom. The minimum Gasteiger partial charge on any atom is -0.388 e. The van der Waals surface area contributed by atoms with Gasteiger partial charge in [0.05, 0.1) is 23.0 Å². The van der Waals surface area contributed by atoms with Gasteiger partial charge in [0.25, 0.3) is 0 Å². The fraction of sp³-hybridized carbons (Fsp3) is 0.261. The fourth-order valence-electron chi connectivity index (χ4n) is 4.29. The molecule has 2 heterocycles. The van der Waals surface area contributed by atoms with E-state index in [9.17, 15) is 17.6 Å². The van der Waals surface area contributed by atoms with Gasteiger partial charge in [-0.1, -0.05) is 13.2 Å². The van der Waals surface area contributed by atoms with Crippen LogP contribution in [0.3, 0.4) is 0 Å². The molecular weight excluding hydrogens is 454 g/mol. The maximum absolute atomic E-state index is 14.9. The van der Waals surface area contributed by atoms with Gasteiger partial charge in [-0.25, -0.2) is 9.37 Å². The van der Waals surface area contributed by atoms with Crippen LogP contribution in [0.1, 0.15) is 36.1 Å². The lowest BCUT2D eigenvalue weighted by molar-refractivity contribution is -0.138. The molecule has 0 radical (unpaired) electrons. The lowest BCUT2D eigenvalue weighted by atomic mass is 9.74. The predicted molar refractivity (Wildman–Crippen MR) is 122 cm³/mol. The van der Waals surface area contributed by atoms with E-state index in [4.69, 9.17) is 17.5 Å². The van der Waals surface area contributed by atoms with Gasteiger partial charge in [-0.05, 0) is 55.7 Å². The predicted octanol–water partition coefficient (Wildman–Crippen LogP) is 5.35. The number of nitrogens with one attached hydrogen (secondary N) is 1. The monoisotopic (exact) mass is 473 g/mol. The van der Waals surface area contributed by atoms with Crippen molar-refractivity contribution in [2.45, 2.75) is 31.0 Å². The summed E-state index contributed by atoms with van der Waals surface area (Å²) in [6, 6.07) is 6.93. The molecule has 0 atom stereocenters. The third-order valence-electron chi connectivity index (χ3n) is 6.18. The highest BCUT2D eigenvalue weighted by molar-refractivity contribution is 7.80. The Kier molecular flexibility index (Phi) is 5.41. The van der Waals surface area contributed by atoms with E-state index in [-0.39, 0.29) is 10.8 Å². The lowest BCUT2D eigenvalue weighted by Crippen LogP contribution is -2.51. The summed E-state index contributed by atoms with van der Waals surface area (Å²) in [4.78, 5) is 6.87. The zero-order chi connectivity index (χ0) is 24.1. The van der Waals surface area contributed by atoms with Crippen LogP contribution >= 0.6 is 12.2 Å². The summed E-state index contributed by atoms with van der Waals surface area (Å²) < 4.78 is 55.4. The van der Waals surface area contributed by atoms with Gasteiger partial charge in [-0.3, -0.25) is 4.90 Å².